The first-order valence-corrected chi connectivity index (χ1v) is 8.70. The Morgan fingerprint density at radius 1 is 0.750 bits per heavy atom. The number of hydrogen-bond donors (Lipinski definition) is 0. The van der Waals surface area contributed by atoms with E-state index in [1.54, 1.807) is 0 Å². The molecule has 0 N–H and O–H groups in total. The highest BCUT2D eigenvalue weighted by molar-refractivity contribution is 9.10. The molecule has 0 bridgehead atoms. The van der Waals surface area contributed by atoms with E-state index in [-0.39, 0.29) is 11.6 Å². The molecule has 0 aliphatic carbocycles. The number of nitriles is 1. The maximum Gasteiger partial charge on any atom is 0.457 e. The highest BCUT2D eigenvalue weighted by Gasteiger charge is 2.82. The van der Waals surface area contributed by atoms with Crippen molar-refractivity contribution >= 4 is 15.9 Å². The monoisotopic (exact) mass is 543 g/mol. The molecule has 2 aromatic rings. The summed E-state index contributed by atoms with van der Waals surface area (Å²) in [5, 5.41) is 8.89. The maximum atomic E-state index is 15.1. The molecule has 0 radical (unpaired) electrons. The average Bonchev–Trinajstić information content (AvgIpc) is 2.64. The number of halogens is 13. The van der Waals surface area contributed by atoms with Crippen LogP contribution in [-0.4, -0.2) is 18.3 Å². The molecule has 2 rings (SSSR count). The lowest BCUT2D eigenvalue weighted by molar-refractivity contribution is -0.389. The number of alkyl halides is 12. The quantitative estimate of drug-likeness (QED) is 0.360. The van der Waals surface area contributed by atoms with E-state index in [1.807, 2.05) is 0 Å². The highest BCUT2D eigenvalue weighted by atomic mass is 79.9. The van der Waals surface area contributed by atoms with E-state index in [1.165, 1.54) is 6.07 Å². The van der Waals surface area contributed by atoms with E-state index >= 15 is 4.39 Å². The van der Waals surface area contributed by atoms with E-state index < -0.39 is 62.9 Å². The number of hydrogen-bond acceptors (Lipinski definition) is 1. The molecule has 174 valence electrons. The fourth-order valence-electron chi connectivity index (χ4n) is 2.77. The van der Waals surface area contributed by atoms with Crippen molar-refractivity contribution in [2.24, 2.45) is 0 Å². The summed E-state index contributed by atoms with van der Waals surface area (Å²) in [5.74, 6) is -7.19. The standard InChI is InChI=1S/C18H6BrF12N/c19-12-6-10(15(21,22)23)5-11(13(12)9-3-1-2-8(4-9)7-32)14(20,17(26,27)28)16(24,25)18(29,30)31/h1-6H. The van der Waals surface area contributed by atoms with Crippen molar-refractivity contribution in [2.45, 2.75) is 30.1 Å². The molecule has 0 heterocycles. The minimum atomic E-state index is -7.19. The van der Waals surface area contributed by atoms with Crippen LogP contribution in [0.5, 0.6) is 0 Å². The summed E-state index contributed by atoms with van der Waals surface area (Å²) >= 11 is 2.41. The van der Waals surface area contributed by atoms with Gasteiger partial charge in [-0.2, -0.15) is 53.6 Å². The largest absolute Gasteiger partial charge is 0.457 e. The molecule has 0 amide bonds. The second kappa shape index (κ2) is 7.86. The second-order valence-electron chi connectivity index (χ2n) is 6.30. The Bertz CT molecular complexity index is 1060. The van der Waals surface area contributed by atoms with Gasteiger partial charge in [0.1, 0.15) is 0 Å². The van der Waals surface area contributed by atoms with Gasteiger partial charge in [-0.3, -0.25) is 0 Å². The van der Waals surface area contributed by atoms with Crippen LogP contribution in [0, 0.1) is 11.3 Å². The zero-order chi connectivity index (χ0) is 24.9. The van der Waals surface area contributed by atoms with Gasteiger partial charge < -0.3 is 0 Å². The van der Waals surface area contributed by atoms with E-state index in [4.69, 9.17) is 5.26 Å². The molecule has 1 unspecified atom stereocenters. The molecular weight excluding hydrogens is 538 g/mol. The van der Waals surface area contributed by atoms with E-state index in [9.17, 15) is 48.3 Å². The van der Waals surface area contributed by atoms with E-state index in [0.29, 0.717) is 6.07 Å². The zero-order valence-corrected chi connectivity index (χ0v) is 16.4. The van der Waals surface area contributed by atoms with Crippen LogP contribution in [0.1, 0.15) is 16.7 Å². The molecule has 14 heteroatoms. The van der Waals surface area contributed by atoms with Crippen LogP contribution in [0.4, 0.5) is 52.7 Å². The van der Waals surface area contributed by atoms with Crippen molar-refractivity contribution in [3.63, 3.8) is 0 Å². The third kappa shape index (κ3) is 4.14. The lowest BCUT2D eigenvalue weighted by atomic mass is 9.81. The van der Waals surface area contributed by atoms with E-state index in [2.05, 4.69) is 15.9 Å². The summed E-state index contributed by atoms with van der Waals surface area (Å²) in [7, 11) is 0. The second-order valence-corrected chi connectivity index (χ2v) is 7.15. The average molecular weight is 544 g/mol. The van der Waals surface area contributed by atoms with Crippen molar-refractivity contribution in [1.29, 1.82) is 5.26 Å². The van der Waals surface area contributed by atoms with Crippen molar-refractivity contribution in [3.05, 3.63) is 57.6 Å². The van der Waals surface area contributed by atoms with Gasteiger partial charge in [0.15, 0.2) is 0 Å². The van der Waals surface area contributed by atoms with Gasteiger partial charge in [-0.25, -0.2) is 4.39 Å². The summed E-state index contributed by atoms with van der Waals surface area (Å²) < 4.78 is 161. The van der Waals surface area contributed by atoms with Crippen LogP contribution in [0.25, 0.3) is 11.1 Å². The van der Waals surface area contributed by atoms with Crippen LogP contribution in [0.2, 0.25) is 0 Å². The molecule has 1 atom stereocenters. The summed E-state index contributed by atoms with van der Waals surface area (Å²) in [6.45, 7) is 0. The Balaban J connectivity index is 3.13. The normalized spacial score (nSPS) is 15.2. The predicted molar refractivity (Wildman–Crippen MR) is 89.1 cm³/mol. The number of benzene rings is 2. The Morgan fingerprint density at radius 3 is 1.75 bits per heavy atom. The minimum Gasteiger partial charge on any atom is -0.221 e. The van der Waals surface area contributed by atoms with Gasteiger partial charge in [0.25, 0.3) is 0 Å². The molecule has 0 aliphatic heterocycles. The predicted octanol–water partition coefficient (Wildman–Crippen LogP) is 7.93. The summed E-state index contributed by atoms with van der Waals surface area (Å²) in [5.41, 5.74) is -13.8. The minimum absolute atomic E-state index is 0.0837. The molecular formula is C18H6BrF12N. The zero-order valence-electron chi connectivity index (χ0n) is 14.8. The van der Waals surface area contributed by atoms with Crippen molar-refractivity contribution < 1.29 is 52.7 Å². The van der Waals surface area contributed by atoms with Crippen LogP contribution < -0.4 is 0 Å². The van der Waals surface area contributed by atoms with Crippen molar-refractivity contribution in [3.8, 4) is 17.2 Å². The molecule has 0 saturated carbocycles. The first-order chi connectivity index (χ1) is 14.3. The Hall–Kier alpha value is -2.43. The van der Waals surface area contributed by atoms with Gasteiger partial charge in [0.2, 0.25) is 0 Å². The number of rotatable bonds is 3. The summed E-state index contributed by atoms with van der Waals surface area (Å²) in [6, 6.07) is 4.30. The third-order valence-electron chi connectivity index (χ3n) is 4.25. The molecule has 2 aromatic carbocycles. The summed E-state index contributed by atoms with van der Waals surface area (Å²) in [4.78, 5) is 0. The van der Waals surface area contributed by atoms with Crippen molar-refractivity contribution in [1.82, 2.24) is 0 Å². The Morgan fingerprint density at radius 2 is 1.31 bits per heavy atom. The Labute approximate surface area is 179 Å². The molecule has 0 aliphatic rings. The van der Waals surface area contributed by atoms with Crippen LogP contribution in [-0.2, 0) is 11.8 Å². The molecule has 1 nitrogen and oxygen atoms in total. The Kier molecular flexibility index (Phi) is 6.34. The number of nitrogens with zero attached hydrogens (tertiary/aromatic N) is 1. The van der Waals surface area contributed by atoms with Gasteiger partial charge >= 0.3 is 30.1 Å². The van der Waals surface area contributed by atoms with Gasteiger partial charge in [-0.15, -0.1) is 0 Å². The SMILES string of the molecule is N#Cc1cccc(-c2c(Br)cc(C(F)(F)F)cc2C(F)(C(F)(F)F)C(F)(F)C(F)(F)F)c1. The van der Waals surface area contributed by atoms with E-state index in [0.717, 1.165) is 18.2 Å². The maximum absolute atomic E-state index is 15.1. The fourth-order valence-corrected chi connectivity index (χ4v) is 3.46. The molecule has 0 saturated heterocycles. The smallest absolute Gasteiger partial charge is 0.221 e. The summed E-state index contributed by atoms with van der Waals surface area (Å²) in [6.07, 6.45) is -19.7. The van der Waals surface area contributed by atoms with Gasteiger partial charge in [-0.05, 0) is 29.8 Å². The molecule has 32 heavy (non-hydrogen) atoms. The van der Waals surface area contributed by atoms with Gasteiger partial charge in [0.05, 0.1) is 17.2 Å². The topological polar surface area (TPSA) is 23.8 Å². The molecule has 0 aromatic heterocycles. The fraction of sp³-hybridized carbons (Fsp3) is 0.278. The van der Waals surface area contributed by atoms with Gasteiger partial charge in [0, 0.05) is 15.6 Å². The third-order valence-corrected chi connectivity index (χ3v) is 4.87. The van der Waals surface area contributed by atoms with Crippen LogP contribution in [0.3, 0.4) is 0 Å². The van der Waals surface area contributed by atoms with Gasteiger partial charge in [-0.1, -0.05) is 28.1 Å². The van der Waals surface area contributed by atoms with Crippen molar-refractivity contribution in [2.75, 3.05) is 0 Å². The highest BCUT2D eigenvalue weighted by Crippen LogP contribution is 2.60. The van der Waals surface area contributed by atoms with Crippen LogP contribution >= 0.6 is 15.9 Å². The lowest BCUT2D eigenvalue weighted by Gasteiger charge is -2.37. The lowest BCUT2D eigenvalue weighted by Crippen LogP contribution is -2.60. The first-order valence-electron chi connectivity index (χ1n) is 7.91. The molecule has 0 spiro atoms. The first kappa shape index (κ1) is 25.8. The molecule has 0 fully saturated rings. The van der Waals surface area contributed by atoms with Crippen LogP contribution in [0.15, 0.2) is 40.9 Å².